The summed E-state index contributed by atoms with van der Waals surface area (Å²) in [6.45, 7) is 2.66. The molecule has 3 unspecified atom stereocenters. The van der Waals surface area contributed by atoms with E-state index < -0.39 is 6.10 Å². The van der Waals surface area contributed by atoms with E-state index in [-0.39, 0.29) is 0 Å². The normalized spacial score (nSPS) is 24.3. The standard InChI is InChI=1S/C16H25NO2S/c1-12-4-2-7-16(8-12)20-11-14(18)10-19-15-6-3-5-13(17)9-15/h3,5-6,9,12,14,16,18H,2,4,7-8,10-11,17H2,1H3. The van der Waals surface area contributed by atoms with Crippen molar-refractivity contribution in [2.24, 2.45) is 5.92 Å². The third-order valence-electron chi connectivity index (χ3n) is 3.71. The molecule has 0 aliphatic heterocycles. The van der Waals surface area contributed by atoms with Gasteiger partial charge < -0.3 is 15.6 Å². The van der Waals surface area contributed by atoms with Crippen molar-refractivity contribution in [2.45, 2.75) is 44.0 Å². The van der Waals surface area contributed by atoms with Gasteiger partial charge in [-0.05, 0) is 30.9 Å². The van der Waals surface area contributed by atoms with Crippen LogP contribution in [-0.2, 0) is 0 Å². The zero-order valence-corrected chi connectivity index (χ0v) is 12.9. The van der Waals surface area contributed by atoms with Gasteiger partial charge in [0.25, 0.3) is 0 Å². The maximum atomic E-state index is 10.00. The van der Waals surface area contributed by atoms with Crippen molar-refractivity contribution in [1.82, 2.24) is 0 Å². The van der Waals surface area contributed by atoms with Gasteiger partial charge in [-0.25, -0.2) is 0 Å². The van der Waals surface area contributed by atoms with Gasteiger partial charge in [-0.2, -0.15) is 11.8 Å². The van der Waals surface area contributed by atoms with Crippen LogP contribution in [0.1, 0.15) is 32.6 Å². The fourth-order valence-electron chi connectivity index (χ4n) is 2.62. The minimum absolute atomic E-state index is 0.332. The van der Waals surface area contributed by atoms with Crippen LogP contribution in [0.4, 0.5) is 5.69 Å². The number of hydrogen-bond acceptors (Lipinski definition) is 4. The molecule has 3 atom stereocenters. The van der Waals surface area contributed by atoms with Crippen molar-refractivity contribution in [3.05, 3.63) is 24.3 Å². The zero-order valence-electron chi connectivity index (χ0n) is 12.1. The van der Waals surface area contributed by atoms with E-state index in [1.807, 2.05) is 30.0 Å². The quantitative estimate of drug-likeness (QED) is 0.791. The lowest BCUT2D eigenvalue weighted by Gasteiger charge is -2.26. The molecular formula is C16H25NO2S. The number of benzene rings is 1. The lowest BCUT2D eigenvalue weighted by molar-refractivity contribution is 0.126. The Morgan fingerprint density at radius 1 is 1.45 bits per heavy atom. The highest BCUT2D eigenvalue weighted by Gasteiger charge is 2.20. The predicted octanol–water partition coefficient (Wildman–Crippen LogP) is 3.32. The molecule has 2 rings (SSSR count). The van der Waals surface area contributed by atoms with Gasteiger partial charge in [-0.15, -0.1) is 0 Å². The molecule has 0 saturated heterocycles. The Kier molecular flexibility index (Phi) is 6.05. The Bertz CT molecular complexity index is 413. The van der Waals surface area contributed by atoms with Crippen molar-refractivity contribution >= 4 is 17.4 Å². The molecule has 0 bridgehead atoms. The first-order valence-corrected chi connectivity index (χ1v) is 8.46. The van der Waals surface area contributed by atoms with Gasteiger partial charge in [-0.3, -0.25) is 0 Å². The number of thioether (sulfide) groups is 1. The first-order valence-electron chi connectivity index (χ1n) is 7.41. The first-order chi connectivity index (χ1) is 9.63. The third kappa shape index (κ3) is 5.25. The van der Waals surface area contributed by atoms with E-state index in [1.165, 1.54) is 25.7 Å². The molecule has 0 radical (unpaired) electrons. The second kappa shape index (κ2) is 7.79. The number of ether oxygens (including phenoxy) is 1. The minimum atomic E-state index is -0.418. The van der Waals surface area contributed by atoms with Crippen molar-refractivity contribution in [1.29, 1.82) is 0 Å². The van der Waals surface area contributed by atoms with Crippen LogP contribution >= 0.6 is 11.8 Å². The predicted molar refractivity (Wildman–Crippen MR) is 86.2 cm³/mol. The van der Waals surface area contributed by atoms with E-state index in [2.05, 4.69) is 6.92 Å². The molecule has 1 aliphatic rings. The number of rotatable bonds is 6. The molecule has 0 amide bonds. The number of aliphatic hydroxyl groups is 1. The van der Waals surface area contributed by atoms with Crippen molar-refractivity contribution in [3.8, 4) is 5.75 Å². The number of nitrogens with two attached hydrogens (primary N) is 1. The van der Waals surface area contributed by atoms with Crippen molar-refractivity contribution in [2.75, 3.05) is 18.1 Å². The van der Waals surface area contributed by atoms with E-state index in [1.54, 1.807) is 6.07 Å². The third-order valence-corrected chi connectivity index (χ3v) is 5.19. The molecular weight excluding hydrogens is 270 g/mol. The Balaban J connectivity index is 1.66. The number of hydrogen-bond donors (Lipinski definition) is 2. The van der Waals surface area contributed by atoms with E-state index in [9.17, 15) is 5.11 Å². The summed E-state index contributed by atoms with van der Waals surface area (Å²) in [5.41, 5.74) is 6.37. The highest BCUT2D eigenvalue weighted by Crippen LogP contribution is 2.32. The zero-order chi connectivity index (χ0) is 14.4. The van der Waals surface area contributed by atoms with E-state index in [4.69, 9.17) is 10.5 Å². The summed E-state index contributed by atoms with van der Waals surface area (Å²) in [5.74, 6) is 2.31. The highest BCUT2D eigenvalue weighted by atomic mass is 32.2. The number of anilines is 1. The molecule has 1 aromatic carbocycles. The summed E-state index contributed by atoms with van der Waals surface area (Å²) in [6, 6.07) is 7.32. The molecule has 0 aromatic heterocycles. The average Bonchev–Trinajstić information content (AvgIpc) is 2.43. The topological polar surface area (TPSA) is 55.5 Å². The van der Waals surface area contributed by atoms with Gasteiger partial charge in [0.15, 0.2) is 0 Å². The average molecular weight is 295 g/mol. The van der Waals surface area contributed by atoms with Crippen LogP contribution in [0.5, 0.6) is 5.75 Å². The monoisotopic (exact) mass is 295 g/mol. The Hall–Kier alpha value is -0.870. The summed E-state index contributed by atoms with van der Waals surface area (Å²) in [7, 11) is 0. The van der Waals surface area contributed by atoms with Crippen LogP contribution in [0, 0.1) is 5.92 Å². The van der Waals surface area contributed by atoms with Crippen LogP contribution in [0.2, 0.25) is 0 Å². The lowest BCUT2D eigenvalue weighted by atomic mass is 9.91. The van der Waals surface area contributed by atoms with E-state index in [0.717, 1.165) is 17.4 Å². The molecule has 0 heterocycles. The van der Waals surface area contributed by atoms with E-state index >= 15 is 0 Å². The number of nitrogen functional groups attached to an aromatic ring is 1. The molecule has 0 spiro atoms. The van der Waals surface area contributed by atoms with Crippen LogP contribution in [0.25, 0.3) is 0 Å². The largest absolute Gasteiger partial charge is 0.491 e. The summed E-state index contributed by atoms with van der Waals surface area (Å²) in [4.78, 5) is 0. The molecule has 4 heteroatoms. The van der Waals surface area contributed by atoms with Gasteiger partial charge in [0.2, 0.25) is 0 Å². The molecule has 3 N–H and O–H groups in total. The van der Waals surface area contributed by atoms with Gasteiger partial charge in [-0.1, -0.05) is 25.8 Å². The summed E-state index contributed by atoms with van der Waals surface area (Å²) >= 11 is 1.89. The Morgan fingerprint density at radius 3 is 3.05 bits per heavy atom. The van der Waals surface area contributed by atoms with Gasteiger partial charge in [0.05, 0.1) is 6.10 Å². The molecule has 112 valence electrons. The number of aliphatic hydroxyl groups excluding tert-OH is 1. The van der Waals surface area contributed by atoms with Crippen LogP contribution < -0.4 is 10.5 Å². The maximum Gasteiger partial charge on any atom is 0.121 e. The molecule has 1 aromatic rings. The lowest BCUT2D eigenvalue weighted by Crippen LogP contribution is -2.23. The molecule has 1 saturated carbocycles. The summed E-state index contributed by atoms with van der Waals surface area (Å²) in [5, 5.41) is 10.7. The molecule has 1 aliphatic carbocycles. The van der Waals surface area contributed by atoms with Crippen LogP contribution in [-0.4, -0.2) is 28.8 Å². The fraction of sp³-hybridized carbons (Fsp3) is 0.625. The highest BCUT2D eigenvalue weighted by molar-refractivity contribution is 7.99. The summed E-state index contributed by atoms with van der Waals surface area (Å²) < 4.78 is 5.57. The van der Waals surface area contributed by atoms with Gasteiger partial charge in [0, 0.05) is 22.8 Å². The van der Waals surface area contributed by atoms with Crippen LogP contribution in [0.3, 0.4) is 0 Å². The van der Waals surface area contributed by atoms with Gasteiger partial charge >= 0.3 is 0 Å². The SMILES string of the molecule is CC1CCCC(SCC(O)COc2cccc(N)c2)C1. The second-order valence-electron chi connectivity index (χ2n) is 5.76. The molecule has 3 nitrogen and oxygen atoms in total. The molecule has 20 heavy (non-hydrogen) atoms. The first kappa shape index (κ1) is 15.5. The van der Waals surface area contributed by atoms with Crippen LogP contribution in [0.15, 0.2) is 24.3 Å². The summed E-state index contributed by atoms with van der Waals surface area (Å²) in [6.07, 6.45) is 4.84. The van der Waals surface area contributed by atoms with E-state index in [0.29, 0.717) is 17.5 Å². The maximum absolute atomic E-state index is 10.00. The smallest absolute Gasteiger partial charge is 0.121 e. The van der Waals surface area contributed by atoms with Crippen molar-refractivity contribution < 1.29 is 9.84 Å². The Morgan fingerprint density at radius 2 is 2.30 bits per heavy atom. The second-order valence-corrected chi connectivity index (χ2v) is 7.10. The van der Waals surface area contributed by atoms with Crippen molar-refractivity contribution in [3.63, 3.8) is 0 Å². The minimum Gasteiger partial charge on any atom is -0.491 e. The molecule has 1 fully saturated rings. The Labute approximate surface area is 125 Å². The van der Waals surface area contributed by atoms with Gasteiger partial charge in [0.1, 0.15) is 12.4 Å². The fourth-order valence-corrected chi connectivity index (χ4v) is 4.01.